The zero-order valence-corrected chi connectivity index (χ0v) is 21.4. The van der Waals surface area contributed by atoms with Gasteiger partial charge in [-0.3, -0.25) is 0 Å². The van der Waals surface area contributed by atoms with Crippen molar-refractivity contribution in [2.24, 2.45) is 46.3 Å². The van der Waals surface area contributed by atoms with Gasteiger partial charge in [0.1, 0.15) is 5.60 Å². The maximum atomic E-state index is 11.6. The summed E-state index contributed by atoms with van der Waals surface area (Å²) in [6.45, 7) is 15.2. The van der Waals surface area contributed by atoms with E-state index in [0.29, 0.717) is 36.5 Å². The molecule has 5 heteroatoms. The Morgan fingerprint density at radius 3 is 2.27 bits per heavy atom. The summed E-state index contributed by atoms with van der Waals surface area (Å²) in [6.07, 6.45) is 2.27. The third-order valence-electron chi connectivity index (χ3n) is 11.4. The molecule has 33 heavy (non-hydrogen) atoms. The SMILES string of the molecule is C=C(CC[C@@H](C)[C@H]1CC[C@@H]2[C@@H]3C[C@@H](O)[C@@]4(O)C[C@@H](O)C[C@H](O)[C@]4(C)[C@H]3[C@H](O)C[C@@]21C)C(C)C. The van der Waals surface area contributed by atoms with E-state index in [4.69, 9.17) is 0 Å². The second kappa shape index (κ2) is 8.58. The molecule has 4 aliphatic carbocycles. The molecular weight excluding hydrogens is 416 g/mol. The number of aliphatic hydroxyl groups is 5. The predicted octanol–water partition coefficient (Wildman–Crippen LogP) is 3.66. The van der Waals surface area contributed by atoms with Crippen molar-refractivity contribution < 1.29 is 25.5 Å². The second-order valence-corrected chi connectivity index (χ2v) is 13.2. The van der Waals surface area contributed by atoms with Crippen LogP contribution in [0.25, 0.3) is 0 Å². The molecule has 0 bridgehead atoms. The van der Waals surface area contributed by atoms with E-state index < -0.39 is 35.4 Å². The fourth-order valence-electron chi connectivity index (χ4n) is 9.32. The zero-order chi connectivity index (χ0) is 24.5. The molecule has 0 aromatic rings. The molecular formula is C28H48O5. The minimum Gasteiger partial charge on any atom is -0.393 e. The molecule has 0 aliphatic heterocycles. The molecule has 5 N–H and O–H groups in total. The molecule has 0 aromatic heterocycles. The van der Waals surface area contributed by atoms with Gasteiger partial charge in [0, 0.05) is 11.8 Å². The molecule has 0 saturated heterocycles. The van der Waals surface area contributed by atoms with Gasteiger partial charge in [-0.2, -0.15) is 0 Å². The highest BCUT2D eigenvalue weighted by molar-refractivity contribution is 5.21. The summed E-state index contributed by atoms with van der Waals surface area (Å²) in [5.41, 5.74) is -1.32. The number of aliphatic hydroxyl groups excluding tert-OH is 4. The van der Waals surface area contributed by atoms with E-state index >= 15 is 0 Å². The van der Waals surface area contributed by atoms with E-state index in [1.165, 1.54) is 5.57 Å². The van der Waals surface area contributed by atoms with Crippen molar-refractivity contribution >= 4 is 0 Å². The number of fused-ring (bicyclic) bond motifs is 5. The quantitative estimate of drug-likeness (QED) is 0.400. The number of hydrogen-bond donors (Lipinski definition) is 5. The average Bonchev–Trinajstić information content (AvgIpc) is 3.05. The Morgan fingerprint density at radius 2 is 1.64 bits per heavy atom. The van der Waals surface area contributed by atoms with E-state index in [0.717, 1.165) is 25.7 Å². The number of allylic oxidation sites excluding steroid dienone is 1. The van der Waals surface area contributed by atoms with Crippen LogP contribution in [0.4, 0.5) is 0 Å². The number of hydrogen-bond acceptors (Lipinski definition) is 5. The second-order valence-electron chi connectivity index (χ2n) is 13.2. The molecule has 0 amide bonds. The van der Waals surface area contributed by atoms with Gasteiger partial charge in [-0.1, -0.05) is 46.8 Å². The minimum atomic E-state index is -1.58. The van der Waals surface area contributed by atoms with E-state index in [-0.39, 0.29) is 30.1 Å². The van der Waals surface area contributed by atoms with Crippen LogP contribution < -0.4 is 0 Å². The van der Waals surface area contributed by atoms with Crippen LogP contribution in [0.1, 0.15) is 86.0 Å². The molecule has 0 radical (unpaired) electrons. The van der Waals surface area contributed by atoms with Gasteiger partial charge in [-0.15, -0.1) is 0 Å². The van der Waals surface area contributed by atoms with Gasteiger partial charge in [-0.05, 0) is 85.9 Å². The zero-order valence-electron chi connectivity index (χ0n) is 21.4. The Labute approximate surface area is 200 Å². The van der Waals surface area contributed by atoms with Crippen molar-refractivity contribution in [2.75, 3.05) is 0 Å². The molecule has 4 saturated carbocycles. The topological polar surface area (TPSA) is 101 Å². The minimum absolute atomic E-state index is 0.0101. The lowest BCUT2D eigenvalue weighted by atomic mass is 9.41. The third kappa shape index (κ3) is 3.67. The largest absolute Gasteiger partial charge is 0.393 e. The molecule has 0 unspecified atom stereocenters. The van der Waals surface area contributed by atoms with Gasteiger partial charge >= 0.3 is 0 Å². The van der Waals surface area contributed by atoms with Gasteiger partial charge in [0.05, 0.1) is 24.4 Å². The van der Waals surface area contributed by atoms with E-state index in [2.05, 4.69) is 34.3 Å². The van der Waals surface area contributed by atoms with Gasteiger partial charge < -0.3 is 25.5 Å². The van der Waals surface area contributed by atoms with Gasteiger partial charge in [0.2, 0.25) is 0 Å². The normalized spacial score (nSPS) is 52.7. The summed E-state index contributed by atoms with van der Waals surface area (Å²) >= 11 is 0. The maximum Gasteiger partial charge on any atom is 0.101 e. The first-order valence-corrected chi connectivity index (χ1v) is 13.4. The van der Waals surface area contributed by atoms with Crippen LogP contribution in [-0.2, 0) is 0 Å². The summed E-state index contributed by atoms with van der Waals surface area (Å²) in [5, 5.41) is 55.9. The van der Waals surface area contributed by atoms with Crippen LogP contribution in [0.2, 0.25) is 0 Å². The molecule has 4 fully saturated rings. The summed E-state index contributed by atoms with van der Waals surface area (Å²) in [5.74, 6) is 1.71. The Hall–Kier alpha value is -0.460. The molecule has 4 rings (SSSR count). The Kier molecular flexibility index (Phi) is 6.67. The molecule has 5 nitrogen and oxygen atoms in total. The summed E-state index contributed by atoms with van der Waals surface area (Å²) in [4.78, 5) is 0. The van der Waals surface area contributed by atoms with Gasteiger partial charge in [-0.25, -0.2) is 0 Å². The predicted molar refractivity (Wildman–Crippen MR) is 129 cm³/mol. The van der Waals surface area contributed by atoms with Crippen LogP contribution in [0.5, 0.6) is 0 Å². The molecule has 4 aliphatic rings. The first-order valence-electron chi connectivity index (χ1n) is 13.4. The van der Waals surface area contributed by atoms with Crippen LogP contribution in [0, 0.1) is 46.3 Å². The Morgan fingerprint density at radius 1 is 0.970 bits per heavy atom. The summed E-state index contributed by atoms with van der Waals surface area (Å²) in [7, 11) is 0. The average molecular weight is 465 g/mol. The summed E-state index contributed by atoms with van der Waals surface area (Å²) in [6, 6.07) is 0. The fraction of sp³-hybridized carbons (Fsp3) is 0.929. The lowest BCUT2D eigenvalue weighted by Gasteiger charge is -2.67. The van der Waals surface area contributed by atoms with E-state index in [1.54, 1.807) is 0 Å². The molecule has 0 spiro atoms. The molecule has 0 heterocycles. The standard InChI is InChI=1S/C28H48O5/c1-15(2)16(3)7-8-17(4)20-9-10-21-19-12-24(32)28(33)13-18(29)11-23(31)27(28,6)25(19)22(30)14-26(20,21)5/h15,17-25,29-33H,3,7-14H2,1-2,4-6H3/t17-,18+,19+,20-,21-,22-,23+,24-,25-,26-,27-,28+/m1/s1. The Bertz CT molecular complexity index is 753. The van der Waals surface area contributed by atoms with Crippen LogP contribution in [0.3, 0.4) is 0 Å². The van der Waals surface area contributed by atoms with Crippen molar-refractivity contribution in [3.63, 3.8) is 0 Å². The van der Waals surface area contributed by atoms with Crippen LogP contribution in [-0.4, -0.2) is 55.5 Å². The third-order valence-corrected chi connectivity index (χ3v) is 11.4. The van der Waals surface area contributed by atoms with Gasteiger partial charge in [0.15, 0.2) is 0 Å². The molecule has 0 aromatic carbocycles. The van der Waals surface area contributed by atoms with Crippen molar-refractivity contribution in [3.8, 4) is 0 Å². The number of rotatable bonds is 5. The monoisotopic (exact) mass is 464 g/mol. The molecule has 12 atom stereocenters. The first kappa shape index (κ1) is 25.6. The van der Waals surface area contributed by atoms with Crippen molar-refractivity contribution in [1.82, 2.24) is 0 Å². The first-order chi connectivity index (χ1) is 15.3. The van der Waals surface area contributed by atoms with Crippen molar-refractivity contribution in [1.29, 1.82) is 0 Å². The highest BCUT2D eigenvalue weighted by atomic mass is 16.4. The van der Waals surface area contributed by atoms with E-state index in [1.807, 2.05) is 6.92 Å². The lowest BCUT2D eigenvalue weighted by molar-refractivity contribution is -0.310. The highest BCUT2D eigenvalue weighted by Gasteiger charge is 2.72. The van der Waals surface area contributed by atoms with Crippen LogP contribution >= 0.6 is 0 Å². The van der Waals surface area contributed by atoms with Crippen molar-refractivity contribution in [3.05, 3.63) is 12.2 Å². The maximum absolute atomic E-state index is 11.6. The smallest absolute Gasteiger partial charge is 0.101 e. The lowest BCUT2D eigenvalue weighted by Crippen LogP contribution is -2.74. The van der Waals surface area contributed by atoms with Crippen LogP contribution in [0.15, 0.2) is 12.2 Å². The highest BCUT2D eigenvalue weighted by Crippen LogP contribution is 2.69. The Balaban J connectivity index is 1.61. The summed E-state index contributed by atoms with van der Waals surface area (Å²) < 4.78 is 0. The van der Waals surface area contributed by atoms with E-state index in [9.17, 15) is 25.5 Å². The van der Waals surface area contributed by atoms with Gasteiger partial charge in [0.25, 0.3) is 0 Å². The fourth-order valence-corrected chi connectivity index (χ4v) is 9.32. The van der Waals surface area contributed by atoms with Crippen molar-refractivity contribution in [2.45, 2.75) is 116 Å². The molecule has 190 valence electrons.